The number of carbonyl (C=O) groups is 1. The van der Waals surface area contributed by atoms with Crippen molar-refractivity contribution in [3.8, 4) is 6.07 Å². The molecule has 2 aromatic carbocycles. The maximum Gasteiger partial charge on any atom is 0.267 e. The number of rotatable bonds is 5. The highest BCUT2D eigenvalue weighted by molar-refractivity contribution is 6.07. The Hall–Kier alpha value is -3.06. The molecule has 0 heterocycles. The number of para-hydroxylation sites is 2. The van der Waals surface area contributed by atoms with Crippen molar-refractivity contribution in [1.82, 2.24) is 0 Å². The van der Waals surface area contributed by atoms with E-state index in [0.717, 1.165) is 22.5 Å². The highest BCUT2D eigenvalue weighted by Gasteiger charge is 2.15. The molecule has 1 amide bonds. The summed E-state index contributed by atoms with van der Waals surface area (Å²) in [4.78, 5) is 14.4. The number of hydrogen-bond donors (Lipinski definition) is 1. The summed E-state index contributed by atoms with van der Waals surface area (Å²) in [5.74, 6) is -0.127. The number of amides is 1. The van der Waals surface area contributed by atoms with Crippen molar-refractivity contribution in [2.24, 2.45) is 0 Å². The van der Waals surface area contributed by atoms with Crippen molar-refractivity contribution < 1.29 is 4.79 Å². The van der Waals surface area contributed by atoms with Crippen LogP contribution in [0.15, 0.2) is 60.3 Å². The van der Waals surface area contributed by atoms with Gasteiger partial charge in [-0.3, -0.25) is 4.79 Å². The minimum absolute atomic E-state index is 0.0595. The molecule has 128 valence electrons. The first-order valence-corrected chi connectivity index (χ1v) is 8.24. The first-order valence-electron chi connectivity index (χ1n) is 8.24. The SMILES string of the molecule is Cc1cccc(C(C)C)c1NC(=O)/C(C#N)=C\N(C)c1ccccc1. The molecule has 0 aliphatic carbocycles. The Morgan fingerprint density at radius 3 is 2.44 bits per heavy atom. The van der Waals surface area contributed by atoms with E-state index in [1.54, 1.807) is 11.1 Å². The predicted molar refractivity (Wildman–Crippen MR) is 102 cm³/mol. The van der Waals surface area contributed by atoms with Crippen molar-refractivity contribution in [2.75, 3.05) is 17.3 Å². The molecule has 0 aromatic heterocycles. The summed E-state index contributed by atoms with van der Waals surface area (Å²) < 4.78 is 0. The zero-order valence-electron chi connectivity index (χ0n) is 15.1. The van der Waals surface area contributed by atoms with E-state index in [1.165, 1.54) is 0 Å². The Labute approximate surface area is 149 Å². The largest absolute Gasteiger partial charge is 0.350 e. The summed E-state index contributed by atoms with van der Waals surface area (Å²) in [5.41, 5.74) is 3.78. The lowest BCUT2D eigenvalue weighted by Gasteiger charge is -2.17. The van der Waals surface area contributed by atoms with Crippen LogP contribution in [0.5, 0.6) is 0 Å². The van der Waals surface area contributed by atoms with E-state index in [4.69, 9.17) is 0 Å². The highest BCUT2D eigenvalue weighted by Crippen LogP contribution is 2.27. The second kappa shape index (κ2) is 8.16. The molecule has 0 aliphatic rings. The van der Waals surface area contributed by atoms with Crippen LogP contribution < -0.4 is 10.2 Å². The lowest BCUT2D eigenvalue weighted by molar-refractivity contribution is -0.112. The minimum Gasteiger partial charge on any atom is -0.350 e. The number of nitriles is 1. The van der Waals surface area contributed by atoms with E-state index in [9.17, 15) is 10.1 Å². The molecule has 2 rings (SSSR count). The van der Waals surface area contributed by atoms with Gasteiger partial charge in [0.25, 0.3) is 5.91 Å². The second-order valence-corrected chi connectivity index (χ2v) is 6.25. The maximum absolute atomic E-state index is 12.6. The Bertz CT molecular complexity index is 817. The molecule has 2 aromatic rings. The summed E-state index contributed by atoms with van der Waals surface area (Å²) in [5, 5.41) is 12.3. The van der Waals surface area contributed by atoms with Crippen LogP contribution in [-0.2, 0) is 4.79 Å². The van der Waals surface area contributed by atoms with Crippen LogP contribution >= 0.6 is 0 Å². The van der Waals surface area contributed by atoms with Gasteiger partial charge in [-0.2, -0.15) is 5.26 Å². The van der Waals surface area contributed by atoms with Gasteiger partial charge in [-0.25, -0.2) is 0 Å². The topological polar surface area (TPSA) is 56.1 Å². The molecule has 4 heteroatoms. The molecule has 1 N–H and O–H groups in total. The number of nitrogens with one attached hydrogen (secondary N) is 1. The van der Waals surface area contributed by atoms with Crippen molar-refractivity contribution in [2.45, 2.75) is 26.7 Å². The van der Waals surface area contributed by atoms with Crippen LogP contribution in [0.3, 0.4) is 0 Å². The smallest absolute Gasteiger partial charge is 0.267 e. The van der Waals surface area contributed by atoms with Gasteiger partial charge in [-0.1, -0.05) is 50.2 Å². The van der Waals surface area contributed by atoms with Crippen molar-refractivity contribution in [3.63, 3.8) is 0 Å². The fraction of sp³-hybridized carbons (Fsp3) is 0.238. The molecule has 0 fully saturated rings. The Morgan fingerprint density at radius 1 is 1.16 bits per heavy atom. The number of nitrogens with zero attached hydrogens (tertiary/aromatic N) is 2. The summed E-state index contributed by atoms with van der Waals surface area (Å²) in [7, 11) is 1.81. The third-order valence-electron chi connectivity index (χ3n) is 4.02. The van der Waals surface area contributed by atoms with Crippen molar-refractivity contribution in [3.05, 3.63) is 71.4 Å². The molecule has 0 saturated carbocycles. The van der Waals surface area contributed by atoms with Crippen molar-refractivity contribution >= 4 is 17.3 Å². The first kappa shape index (κ1) is 18.3. The standard InChI is InChI=1S/C21H23N3O/c1-15(2)19-12-8-9-16(3)20(19)23-21(25)17(13-22)14-24(4)18-10-6-5-7-11-18/h5-12,14-15H,1-4H3,(H,23,25)/b17-14-. The first-order chi connectivity index (χ1) is 11.9. The van der Waals surface area contributed by atoms with Gasteiger partial charge < -0.3 is 10.2 Å². The van der Waals surface area contributed by atoms with E-state index in [0.29, 0.717) is 0 Å². The van der Waals surface area contributed by atoms with Crippen LogP contribution in [0, 0.1) is 18.3 Å². The number of anilines is 2. The number of carbonyl (C=O) groups excluding carboxylic acids is 1. The zero-order chi connectivity index (χ0) is 18.4. The second-order valence-electron chi connectivity index (χ2n) is 6.25. The van der Waals surface area contributed by atoms with E-state index >= 15 is 0 Å². The molecule has 0 aliphatic heterocycles. The van der Waals surface area contributed by atoms with Gasteiger partial charge in [-0.15, -0.1) is 0 Å². The maximum atomic E-state index is 12.6. The van der Waals surface area contributed by atoms with Gasteiger partial charge in [0.15, 0.2) is 0 Å². The van der Waals surface area contributed by atoms with Crippen LogP contribution in [-0.4, -0.2) is 13.0 Å². The monoisotopic (exact) mass is 333 g/mol. The van der Waals surface area contributed by atoms with Gasteiger partial charge >= 0.3 is 0 Å². The Morgan fingerprint density at radius 2 is 1.84 bits per heavy atom. The fourth-order valence-electron chi connectivity index (χ4n) is 2.59. The average Bonchev–Trinajstić information content (AvgIpc) is 2.61. The van der Waals surface area contributed by atoms with E-state index in [-0.39, 0.29) is 11.5 Å². The third kappa shape index (κ3) is 4.48. The molecular formula is C21H23N3O. The molecule has 0 unspecified atom stereocenters. The molecule has 0 saturated heterocycles. The molecule has 25 heavy (non-hydrogen) atoms. The quantitative estimate of drug-likeness (QED) is 0.642. The van der Waals surface area contributed by atoms with Crippen molar-refractivity contribution in [1.29, 1.82) is 5.26 Å². The summed E-state index contributed by atoms with van der Waals surface area (Å²) in [6.07, 6.45) is 1.55. The highest BCUT2D eigenvalue weighted by atomic mass is 16.1. The molecule has 0 atom stereocenters. The molecule has 0 radical (unpaired) electrons. The lowest BCUT2D eigenvalue weighted by atomic mass is 9.98. The number of hydrogen-bond acceptors (Lipinski definition) is 3. The van der Waals surface area contributed by atoms with E-state index < -0.39 is 5.91 Å². The van der Waals surface area contributed by atoms with Crippen LogP contribution in [0.4, 0.5) is 11.4 Å². The predicted octanol–water partition coefficient (Wildman–Crippen LogP) is 4.60. The molecule has 4 nitrogen and oxygen atoms in total. The summed E-state index contributed by atoms with van der Waals surface area (Å²) in [6.45, 7) is 6.11. The summed E-state index contributed by atoms with van der Waals surface area (Å²) >= 11 is 0. The Balaban J connectivity index is 2.28. The van der Waals surface area contributed by atoms with Crippen LogP contribution in [0.25, 0.3) is 0 Å². The lowest BCUT2D eigenvalue weighted by Crippen LogP contribution is -2.19. The molecule has 0 bridgehead atoms. The third-order valence-corrected chi connectivity index (χ3v) is 4.02. The van der Waals surface area contributed by atoms with E-state index in [1.807, 2.05) is 68.6 Å². The molecule has 0 spiro atoms. The number of aryl methyl sites for hydroxylation is 1. The van der Waals surface area contributed by atoms with Gasteiger partial charge in [0.2, 0.25) is 0 Å². The Kier molecular flexibility index (Phi) is 5.97. The van der Waals surface area contributed by atoms with Crippen LogP contribution in [0.2, 0.25) is 0 Å². The fourth-order valence-corrected chi connectivity index (χ4v) is 2.59. The average molecular weight is 333 g/mol. The van der Waals surface area contributed by atoms with Gasteiger partial charge in [0, 0.05) is 24.6 Å². The minimum atomic E-state index is -0.401. The van der Waals surface area contributed by atoms with E-state index in [2.05, 4.69) is 19.2 Å². The van der Waals surface area contributed by atoms with Gasteiger partial charge in [0.05, 0.1) is 0 Å². The van der Waals surface area contributed by atoms with Crippen LogP contribution in [0.1, 0.15) is 30.9 Å². The van der Waals surface area contributed by atoms with Gasteiger partial charge in [0.1, 0.15) is 11.6 Å². The normalized spacial score (nSPS) is 11.1. The molecular weight excluding hydrogens is 310 g/mol. The zero-order valence-corrected chi connectivity index (χ0v) is 15.1. The summed E-state index contributed by atoms with van der Waals surface area (Å²) in [6, 6.07) is 17.5. The number of benzene rings is 2. The van der Waals surface area contributed by atoms with Gasteiger partial charge in [-0.05, 0) is 36.1 Å².